The summed E-state index contributed by atoms with van der Waals surface area (Å²) in [6, 6.07) is 10.3. The van der Waals surface area contributed by atoms with Gasteiger partial charge in [0.25, 0.3) is 0 Å². The monoisotopic (exact) mass is 372 g/mol. The van der Waals surface area contributed by atoms with Gasteiger partial charge in [-0.15, -0.1) is 17.5 Å². The van der Waals surface area contributed by atoms with Gasteiger partial charge in [0.1, 0.15) is 17.0 Å². The molecule has 3 heterocycles. The summed E-state index contributed by atoms with van der Waals surface area (Å²) in [4.78, 5) is 8.55. The smallest absolute Gasteiger partial charge is 0.179 e. The van der Waals surface area contributed by atoms with Gasteiger partial charge < -0.3 is 5.21 Å². The lowest BCUT2D eigenvalue weighted by molar-refractivity contribution is 0.319. The molecule has 0 aliphatic heterocycles. The van der Waals surface area contributed by atoms with Crippen molar-refractivity contribution in [3.05, 3.63) is 59.7 Å². The van der Waals surface area contributed by atoms with Crippen molar-refractivity contribution in [2.45, 2.75) is 13.5 Å². The van der Waals surface area contributed by atoms with E-state index in [9.17, 15) is 4.39 Å². The number of halogens is 2. The fraction of sp³-hybridized carbons (Fsp3) is 0.118. The second kappa shape index (κ2) is 7.01. The molecule has 0 radical (unpaired) electrons. The van der Waals surface area contributed by atoms with Gasteiger partial charge in [-0.3, -0.25) is 4.98 Å². The first kappa shape index (κ1) is 17.7. The van der Waals surface area contributed by atoms with E-state index in [1.807, 2.05) is 6.07 Å². The molecular formula is C17H14ClFN6O. The number of oxime groups is 1. The standard InChI is InChI=1S/C17H13FN6O.ClH/c1-10(22-25)14-4-5-15-17(20-14)24(23-21-15)9-12-7-11-3-2-6-19-16(11)8-13(12)18;/h2-8,25H,9H2,1H3;1H. The number of hydrogen-bond donors (Lipinski definition) is 1. The predicted octanol–water partition coefficient (Wildman–Crippen LogP) is 3.18. The van der Waals surface area contributed by atoms with Crippen LogP contribution in [0, 0.1) is 5.82 Å². The van der Waals surface area contributed by atoms with Gasteiger partial charge in [0.05, 0.1) is 17.8 Å². The number of pyridine rings is 2. The van der Waals surface area contributed by atoms with Crippen molar-refractivity contribution in [2.24, 2.45) is 5.16 Å². The van der Waals surface area contributed by atoms with E-state index in [4.69, 9.17) is 5.21 Å². The SMILES string of the molecule is CC(=NO)c1ccc2nnn(Cc3cc4cccnc4cc3F)c2n1.Cl. The average Bonchev–Trinajstić information content (AvgIpc) is 3.04. The van der Waals surface area contributed by atoms with E-state index < -0.39 is 0 Å². The van der Waals surface area contributed by atoms with Gasteiger partial charge >= 0.3 is 0 Å². The van der Waals surface area contributed by atoms with Crippen molar-refractivity contribution in [1.82, 2.24) is 25.0 Å². The molecule has 0 bridgehead atoms. The van der Waals surface area contributed by atoms with E-state index in [1.54, 1.807) is 37.4 Å². The topological polar surface area (TPSA) is 89.1 Å². The zero-order valence-corrected chi connectivity index (χ0v) is 14.5. The van der Waals surface area contributed by atoms with Crippen LogP contribution in [0.1, 0.15) is 18.2 Å². The number of nitrogens with zero attached hydrogens (tertiary/aromatic N) is 6. The fourth-order valence-electron chi connectivity index (χ4n) is 2.64. The van der Waals surface area contributed by atoms with Crippen LogP contribution in [0.25, 0.3) is 22.1 Å². The van der Waals surface area contributed by atoms with Crippen molar-refractivity contribution in [1.29, 1.82) is 0 Å². The van der Waals surface area contributed by atoms with Gasteiger partial charge in [-0.05, 0) is 31.2 Å². The minimum absolute atomic E-state index is 0. The molecule has 26 heavy (non-hydrogen) atoms. The third kappa shape index (κ3) is 3.06. The number of fused-ring (bicyclic) bond motifs is 2. The molecule has 0 aliphatic carbocycles. The van der Waals surface area contributed by atoms with Crippen LogP contribution in [-0.2, 0) is 6.54 Å². The first-order chi connectivity index (χ1) is 12.2. The molecule has 4 rings (SSSR count). The normalized spacial score (nSPS) is 11.7. The second-order valence-electron chi connectivity index (χ2n) is 5.61. The number of rotatable bonds is 3. The minimum Gasteiger partial charge on any atom is -0.411 e. The number of aromatic nitrogens is 5. The molecule has 0 saturated carbocycles. The third-order valence-electron chi connectivity index (χ3n) is 3.97. The molecule has 9 heteroatoms. The molecule has 7 nitrogen and oxygen atoms in total. The largest absolute Gasteiger partial charge is 0.411 e. The molecule has 0 fully saturated rings. The summed E-state index contributed by atoms with van der Waals surface area (Å²) in [6.07, 6.45) is 1.63. The van der Waals surface area contributed by atoms with Crippen LogP contribution in [-0.4, -0.2) is 35.9 Å². The minimum atomic E-state index is -0.362. The van der Waals surface area contributed by atoms with Gasteiger partial charge in [-0.2, -0.15) is 0 Å². The van der Waals surface area contributed by atoms with Crippen molar-refractivity contribution in [2.75, 3.05) is 0 Å². The van der Waals surface area contributed by atoms with Gasteiger partial charge in [0.15, 0.2) is 5.65 Å². The van der Waals surface area contributed by atoms with E-state index in [2.05, 4.69) is 25.4 Å². The van der Waals surface area contributed by atoms with E-state index in [0.29, 0.717) is 33.6 Å². The Hall–Kier alpha value is -3.13. The highest BCUT2D eigenvalue weighted by molar-refractivity contribution is 5.97. The van der Waals surface area contributed by atoms with Gasteiger partial charge in [-0.25, -0.2) is 14.1 Å². The Balaban J connectivity index is 0.00000196. The number of hydrogen-bond acceptors (Lipinski definition) is 6. The molecule has 4 aromatic rings. The highest BCUT2D eigenvalue weighted by Gasteiger charge is 2.12. The molecule has 132 valence electrons. The van der Waals surface area contributed by atoms with Gasteiger partial charge in [0.2, 0.25) is 0 Å². The Morgan fingerprint density at radius 3 is 2.88 bits per heavy atom. The van der Waals surface area contributed by atoms with E-state index >= 15 is 0 Å². The third-order valence-corrected chi connectivity index (χ3v) is 3.97. The van der Waals surface area contributed by atoms with Crippen molar-refractivity contribution in [3.8, 4) is 0 Å². The lowest BCUT2D eigenvalue weighted by Gasteiger charge is -2.06. The highest BCUT2D eigenvalue weighted by atomic mass is 35.5. The van der Waals surface area contributed by atoms with E-state index in [0.717, 1.165) is 5.39 Å². The Morgan fingerprint density at radius 2 is 2.08 bits per heavy atom. The van der Waals surface area contributed by atoms with Crippen LogP contribution in [0.5, 0.6) is 0 Å². The Labute approximate surface area is 153 Å². The lowest BCUT2D eigenvalue weighted by Crippen LogP contribution is -2.07. The second-order valence-corrected chi connectivity index (χ2v) is 5.61. The molecule has 0 atom stereocenters. The molecule has 0 saturated heterocycles. The van der Waals surface area contributed by atoms with E-state index in [1.165, 1.54) is 10.7 Å². The predicted molar refractivity (Wildman–Crippen MR) is 97.4 cm³/mol. The molecule has 3 aromatic heterocycles. The Morgan fingerprint density at radius 1 is 1.23 bits per heavy atom. The van der Waals surface area contributed by atoms with Crippen LogP contribution < -0.4 is 0 Å². The summed E-state index contributed by atoms with van der Waals surface area (Å²) in [5.74, 6) is -0.362. The summed E-state index contributed by atoms with van der Waals surface area (Å²) in [6.45, 7) is 1.82. The summed E-state index contributed by atoms with van der Waals surface area (Å²) in [5, 5.41) is 21.0. The van der Waals surface area contributed by atoms with Crippen LogP contribution >= 0.6 is 12.4 Å². The van der Waals surface area contributed by atoms with Crippen LogP contribution in [0.3, 0.4) is 0 Å². The molecule has 0 spiro atoms. The van der Waals surface area contributed by atoms with Gasteiger partial charge in [-0.1, -0.05) is 16.4 Å². The van der Waals surface area contributed by atoms with Gasteiger partial charge in [0, 0.05) is 23.2 Å². The molecule has 0 unspecified atom stereocenters. The molecule has 1 aromatic carbocycles. The van der Waals surface area contributed by atoms with Crippen molar-refractivity contribution >= 4 is 40.2 Å². The fourth-order valence-corrected chi connectivity index (χ4v) is 2.64. The first-order valence-corrected chi connectivity index (χ1v) is 7.58. The maximum atomic E-state index is 14.4. The summed E-state index contributed by atoms with van der Waals surface area (Å²) >= 11 is 0. The van der Waals surface area contributed by atoms with Crippen molar-refractivity contribution in [3.63, 3.8) is 0 Å². The van der Waals surface area contributed by atoms with E-state index in [-0.39, 0.29) is 24.8 Å². The first-order valence-electron chi connectivity index (χ1n) is 7.58. The quantitative estimate of drug-likeness (QED) is 0.339. The molecule has 0 amide bonds. The lowest BCUT2D eigenvalue weighted by atomic mass is 10.1. The summed E-state index contributed by atoms with van der Waals surface area (Å²) < 4.78 is 15.9. The van der Waals surface area contributed by atoms with Crippen LogP contribution in [0.4, 0.5) is 4.39 Å². The molecule has 1 N–H and O–H groups in total. The van der Waals surface area contributed by atoms with Crippen LogP contribution in [0.15, 0.2) is 47.8 Å². The maximum absolute atomic E-state index is 14.4. The number of benzene rings is 1. The Kier molecular flexibility index (Phi) is 4.77. The van der Waals surface area contributed by atoms with Crippen molar-refractivity contribution < 1.29 is 9.60 Å². The Bertz CT molecular complexity index is 1130. The molecule has 0 aliphatic rings. The summed E-state index contributed by atoms with van der Waals surface area (Å²) in [5.41, 5.74) is 3.01. The zero-order chi connectivity index (χ0) is 17.4. The maximum Gasteiger partial charge on any atom is 0.179 e. The van der Waals surface area contributed by atoms with Crippen LogP contribution in [0.2, 0.25) is 0 Å². The summed E-state index contributed by atoms with van der Waals surface area (Å²) in [7, 11) is 0. The molecular weight excluding hydrogens is 359 g/mol. The average molecular weight is 373 g/mol. The highest BCUT2D eigenvalue weighted by Crippen LogP contribution is 2.19. The zero-order valence-electron chi connectivity index (χ0n) is 13.7.